The fraction of sp³-hybridized carbons (Fsp3) is 0.143. The first-order chi connectivity index (χ1) is 13.2. The summed E-state index contributed by atoms with van der Waals surface area (Å²) in [7, 11) is 1.57. The molecular weight excluding hydrogens is 346 g/mol. The number of nitrogens with one attached hydrogen (secondary N) is 1. The van der Waals surface area contributed by atoms with Crippen LogP contribution in [0.15, 0.2) is 66.7 Å². The Labute approximate surface area is 156 Å². The lowest BCUT2D eigenvalue weighted by Crippen LogP contribution is -2.23. The highest BCUT2D eigenvalue weighted by Gasteiger charge is 2.10. The van der Waals surface area contributed by atoms with Gasteiger partial charge in [0, 0.05) is 11.1 Å². The van der Waals surface area contributed by atoms with Crippen LogP contribution in [0.5, 0.6) is 11.5 Å². The van der Waals surface area contributed by atoms with Crippen LogP contribution in [0.4, 0.5) is 5.69 Å². The van der Waals surface area contributed by atoms with Crippen LogP contribution in [-0.4, -0.2) is 32.2 Å². The minimum atomic E-state index is -0.626. The molecule has 0 saturated carbocycles. The van der Waals surface area contributed by atoms with E-state index >= 15 is 0 Å². The van der Waals surface area contributed by atoms with Crippen molar-refractivity contribution >= 4 is 28.3 Å². The number of carbonyl (C=O) groups is 2. The number of fused-ring (bicyclic) bond motifs is 1. The molecule has 0 radical (unpaired) electrons. The molecule has 0 heterocycles. The Balaban J connectivity index is 1.47. The summed E-state index contributed by atoms with van der Waals surface area (Å²) >= 11 is 0. The highest BCUT2D eigenvalue weighted by Crippen LogP contribution is 2.22. The van der Waals surface area contributed by atoms with Crippen molar-refractivity contribution in [1.82, 2.24) is 0 Å². The van der Waals surface area contributed by atoms with Gasteiger partial charge < -0.3 is 19.5 Å². The summed E-state index contributed by atoms with van der Waals surface area (Å²) < 4.78 is 15.3. The van der Waals surface area contributed by atoms with Crippen molar-refractivity contribution in [2.24, 2.45) is 0 Å². The molecule has 0 aromatic heterocycles. The molecule has 138 valence electrons. The van der Waals surface area contributed by atoms with Crippen molar-refractivity contribution in [3.63, 3.8) is 0 Å². The Morgan fingerprint density at radius 2 is 1.56 bits per heavy atom. The fourth-order valence-corrected chi connectivity index (χ4v) is 2.52. The van der Waals surface area contributed by atoms with Gasteiger partial charge in [-0.05, 0) is 35.7 Å². The van der Waals surface area contributed by atoms with Crippen molar-refractivity contribution in [1.29, 1.82) is 0 Å². The smallest absolute Gasteiger partial charge is 0.344 e. The van der Waals surface area contributed by atoms with Crippen LogP contribution in [0.1, 0.15) is 0 Å². The van der Waals surface area contributed by atoms with E-state index in [9.17, 15) is 9.59 Å². The Bertz CT molecular complexity index is 931. The van der Waals surface area contributed by atoms with Crippen molar-refractivity contribution in [2.45, 2.75) is 0 Å². The maximum Gasteiger partial charge on any atom is 0.344 e. The number of hydrogen-bond donors (Lipinski definition) is 1. The fourth-order valence-electron chi connectivity index (χ4n) is 2.52. The third-order valence-corrected chi connectivity index (χ3v) is 3.84. The molecule has 0 aliphatic carbocycles. The number of anilines is 1. The van der Waals surface area contributed by atoms with Gasteiger partial charge in [0.05, 0.1) is 7.11 Å². The van der Waals surface area contributed by atoms with Crippen LogP contribution >= 0.6 is 0 Å². The minimum absolute atomic E-state index is 0.284. The van der Waals surface area contributed by atoms with Crippen LogP contribution in [0.2, 0.25) is 0 Å². The Kier molecular flexibility index (Phi) is 5.89. The molecule has 0 unspecified atom stereocenters. The molecule has 6 heteroatoms. The summed E-state index contributed by atoms with van der Waals surface area (Å²) in [5, 5.41) is 4.69. The molecule has 3 rings (SSSR count). The average Bonchev–Trinajstić information content (AvgIpc) is 2.71. The molecule has 6 nitrogen and oxygen atoms in total. The van der Waals surface area contributed by atoms with Crippen molar-refractivity contribution in [2.75, 3.05) is 25.6 Å². The van der Waals surface area contributed by atoms with Crippen LogP contribution < -0.4 is 14.8 Å². The largest absolute Gasteiger partial charge is 0.497 e. The van der Waals surface area contributed by atoms with E-state index in [0.29, 0.717) is 17.2 Å². The number of hydrogen-bond acceptors (Lipinski definition) is 5. The highest BCUT2D eigenvalue weighted by molar-refractivity contribution is 6.02. The van der Waals surface area contributed by atoms with E-state index in [0.717, 1.165) is 10.8 Å². The lowest BCUT2D eigenvalue weighted by atomic mass is 10.1. The van der Waals surface area contributed by atoms with Gasteiger partial charge in [-0.2, -0.15) is 0 Å². The Morgan fingerprint density at radius 3 is 2.33 bits per heavy atom. The molecule has 0 aliphatic heterocycles. The number of amides is 1. The van der Waals surface area contributed by atoms with Crippen LogP contribution in [0.3, 0.4) is 0 Å². The van der Waals surface area contributed by atoms with Gasteiger partial charge in [-0.3, -0.25) is 4.79 Å². The van der Waals surface area contributed by atoms with E-state index in [2.05, 4.69) is 5.32 Å². The predicted octanol–water partition coefficient (Wildman–Crippen LogP) is 3.41. The second-order valence-corrected chi connectivity index (χ2v) is 5.70. The second kappa shape index (κ2) is 8.71. The maximum atomic E-state index is 12.1. The second-order valence-electron chi connectivity index (χ2n) is 5.70. The van der Waals surface area contributed by atoms with Gasteiger partial charge in [-0.15, -0.1) is 0 Å². The monoisotopic (exact) mass is 365 g/mol. The molecule has 0 spiro atoms. The van der Waals surface area contributed by atoms with E-state index in [1.165, 1.54) is 0 Å². The number of rotatable bonds is 7. The number of methoxy groups -OCH3 is 1. The van der Waals surface area contributed by atoms with E-state index < -0.39 is 11.9 Å². The van der Waals surface area contributed by atoms with Crippen molar-refractivity contribution in [3.05, 3.63) is 66.7 Å². The number of ether oxygens (including phenoxy) is 3. The standard InChI is InChI=1S/C21H19NO5/c1-25-16-9-11-17(12-10-16)26-14-21(24)27-13-20(23)22-19-8-4-6-15-5-2-3-7-18(15)19/h2-12H,13-14H2,1H3,(H,22,23). The summed E-state index contributed by atoms with van der Waals surface area (Å²) in [6.07, 6.45) is 0. The molecule has 0 bridgehead atoms. The predicted molar refractivity (Wildman–Crippen MR) is 102 cm³/mol. The zero-order chi connectivity index (χ0) is 19.1. The van der Waals surface area contributed by atoms with Gasteiger partial charge >= 0.3 is 5.97 Å². The molecule has 0 saturated heterocycles. The first-order valence-corrected chi connectivity index (χ1v) is 8.36. The summed E-state index contributed by atoms with van der Waals surface area (Å²) in [5.74, 6) is 0.158. The quantitative estimate of drug-likeness (QED) is 0.650. The van der Waals surface area contributed by atoms with E-state index in [4.69, 9.17) is 14.2 Å². The zero-order valence-corrected chi connectivity index (χ0v) is 14.8. The van der Waals surface area contributed by atoms with Gasteiger partial charge in [0.15, 0.2) is 13.2 Å². The first-order valence-electron chi connectivity index (χ1n) is 8.36. The maximum absolute atomic E-state index is 12.1. The zero-order valence-electron chi connectivity index (χ0n) is 14.8. The molecule has 1 amide bonds. The highest BCUT2D eigenvalue weighted by atomic mass is 16.6. The minimum Gasteiger partial charge on any atom is -0.497 e. The van der Waals surface area contributed by atoms with Gasteiger partial charge in [-0.1, -0.05) is 36.4 Å². The van der Waals surface area contributed by atoms with Gasteiger partial charge in [0.2, 0.25) is 0 Å². The first kappa shape index (κ1) is 18.3. The third kappa shape index (κ3) is 4.98. The average molecular weight is 365 g/mol. The lowest BCUT2D eigenvalue weighted by molar-refractivity contribution is -0.149. The molecular formula is C21H19NO5. The van der Waals surface area contributed by atoms with Crippen LogP contribution in [0, 0.1) is 0 Å². The molecule has 3 aromatic rings. The van der Waals surface area contributed by atoms with Crippen LogP contribution in [0.25, 0.3) is 10.8 Å². The number of carbonyl (C=O) groups excluding carboxylic acids is 2. The van der Waals surface area contributed by atoms with Crippen LogP contribution in [-0.2, 0) is 14.3 Å². The molecule has 0 fully saturated rings. The molecule has 1 N–H and O–H groups in total. The summed E-state index contributed by atoms with van der Waals surface area (Å²) in [6.45, 7) is -0.665. The number of esters is 1. The Hall–Kier alpha value is -3.54. The summed E-state index contributed by atoms with van der Waals surface area (Å²) in [5.41, 5.74) is 0.670. The molecule has 3 aromatic carbocycles. The Morgan fingerprint density at radius 1 is 0.852 bits per heavy atom. The topological polar surface area (TPSA) is 73.9 Å². The molecule has 27 heavy (non-hydrogen) atoms. The van der Waals surface area contributed by atoms with Crippen molar-refractivity contribution in [3.8, 4) is 11.5 Å². The van der Waals surface area contributed by atoms with Gasteiger partial charge in [0.1, 0.15) is 11.5 Å². The molecule has 0 atom stereocenters. The van der Waals surface area contributed by atoms with Crippen molar-refractivity contribution < 1.29 is 23.8 Å². The van der Waals surface area contributed by atoms with Gasteiger partial charge in [-0.25, -0.2) is 4.79 Å². The lowest BCUT2D eigenvalue weighted by Gasteiger charge is -2.10. The van der Waals surface area contributed by atoms with Gasteiger partial charge in [0.25, 0.3) is 5.91 Å². The SMILES string of the molecule is COc1ccc(OCC(=O)OCC(=O)Nc2cccc3ccccc23)cc1. The number of benzene rings is 3. The van der Waals surface area contributed by atoms with E-state index in [-0.39, 0.29) is 13.2 Å². The summed E-state index contributed by atoms with van der Waals surface area (Å²) in [4.78, 5) is 23.8. The van der Waals surface area contributed by atoms with E-state index in [1.54, 1.807) is 37.4 Å². The molecule has 0 aliphatic rings. The van der Waals surface area contributed by atoms with E-state index in [1.807, 2.05) is 36.4 Å². The normalized spacial score (nSPS) is 10.3. The third-order valence-electron chi connectivity index (χ3n) is 3.84. The summed E-state index contributed by atoms with van der Waals surface area (Å²) in [6, 6.07) is 20.1.